The Bertz CT molecular complexity index is 1350. The number of anilines is 3. The van der Waals surface area contributed by atoms with Gasteiger partial charge in [-0.25, -0.2) is 8.42 Å². The molecule has 0 aliphatic rings. The summed E-state index contributed by atoms with van der Waals surface area (Å²) in [5, 5.41) is 3.40. The lowest BCUT2D eigenvalue weighted by Gasteiger charge is -2.10. The molecule has 0 saturated heterocycles. The lowest BCUT2D eigenvalue weighted by atomic mass is 10.1. The van der Waals surface area contributed by atoms with Gasteiger partial charge < -0.3 is 15.8 Å². The second-order valence-electron chi connectivity index (χ2n) is 6.87. The molecule has 4 aromatic rings. The van der Waals surface area contributed by atoms with E-state index in [1.807, 2.05) is 18.2 Å². The van der Waals surface area contributed by atoms with Crippen LogP contribution in [0.15, 0.2) is 94.7 Å². The Labute approximate surface area is 190 Å². The molecule has 0 saturated carbocycles. The summed E-state index contributed by atoms with van der Waals surface area (Å²) >= 11 is 1.02. The molecule has 0 aliphatic carbocycles. The van der Waals surface area contributed by atoms with Gasteiger partial charge in [0.25, 0.3) is 0 Å². The van der Waals surface area contributed by atoms with Gasteiger partial charge in [0, 0.05) is 11.3 Å². The molecule has 0 unspecified atom stereocenters. The van der Waals surface area contributed by atoms with Gasteiger partial charge in [-0.3, -0.25) is 4.79 Å². The van der Waals surface area contributed by atoms with E-state index in [1.165, 1.54) is 19.2 Å². The van der Waals surface area contributed by atoms with Crippen LogP contribution in [0.3, 0.4) is 0 Å². The number of para-hydroxylation sites is 1. The van der Waals surface area contributed by atoms with Crippen molar-refractivity contribution in [2.24, 2.45) is 0 Å². The second-order valence-corrected chi connectivity index (χ2v) is 9.78. The maximum Gasteiger partial charge on any atom is 0.211 e. The van der Waals surface area contributed by atoms with Crippen molar-refractivity contribution in [3.05, 3.63) is 95.4 Å². The van der Waals surface area contributed by atoms with Gasteiger partial charge in [-0.1, -0.05) is 48.5 Å². The first kappa shape index (κ1) is 21.6. The van der Waals surface area contributed by atoms with Crippen LogP contribution in [0.2, 0.25) is 0 Å². The number of nitrogens with one attached hydrogen (secondary N) is 1. The van der Waals surface area contributed by atoms with Crippen LogP contribution in [-0.4, -0.2) is 21.3 Å². The number of sulfone groups is 1. The van der Waals surface area contributed by atoms with E-state index in [-0.39, 0.29) is 31.1 Å². The summed E-state index contributed by atoms with van der Waals surface area (Å²) in [5.74, 6) is 0.199. The van der Waals surface area contributed by atoms with Crippen molar-refractivity contribution in [2.45, 2.75) is 9.79 Å². The highest BCUT2D eigenvalue weighted by Crippen LogP contribution is 2.44. The summed E-state index contributed by atoms with van der Waals surface area (Å²) in [6.45, 7) is 0. The molecule has 32 heavy (non-hydrogen) atoms. The van der Waals surface area contributed by atoms with E-state index in [4.69, 9.17) is 10.5 Å². The molecular formula is C24H20N2O4S2. The second kappa shape index (κ2) is 8.86. The third-order valence-corrected chi connectivity index (χ3v) is 7.92. The molecule has 1 heterocycles. The first-order valence-electron chi connectivity index (χ1n) is 9.65. The summed E-state index contributed by atoms with van der Waals surface area (Å²) < 4.78 is 32.3. The summed E-state index contributed by atoms with van der Waals surface area (Å²) in [4.78, 5) is 13.2. The number of ether oxygens (including phenoxy) is 1. The number of rotatable bonds is 7. The van der Waals surface area contributed by atoms with Gasteiger partial charge in [-0.05, 0) is 36.4 Å². The van der Waals surface area contributed by atoms with E-state index < -0.39 is 9.84 Å². The van der Waals surface area contributed by atoms with Crippen LogP contribution < -0.4 is 15.8 Å². The number of methoxy groups -OCH3 is 1. The SMILES string of the molecule is COc1ccc(S(=O)(=O)c2c(Nc3ccccc3)sc(C(=O)c3ccccc3)c2N)cc1. The van der Waals surface area contributed by atoms with Gasteiger partial charge in [-0.2, -0.15) is 0 Å². The highest BCUT2D eigenvalue weighted by molar-refractivity contribution is 7.92. The van der Waals surface area contributed by atoms with Crippen LogP contribution in [0, 0.1) is 0 Å². The molecule has 0 bridgehead atoms. The minimum absolute atomic E-state index is 0.0534. The van der Waals surface area contributed by atoms with Crippen molar-refractivity contribution in [3.63, 3.8) is 0 Å². The number of carbonyl (C=O) groups excluding carboxylic acids is 1. The Hall–Kier alpha value is -3.62. The number of hydrogen-bond donors (Lipinski definition) is 2. The lowest BCUT2D eigenvalue weighted by Crippen LogP contribution is -2.08. The molecule has 0 aliphatic heterocycles. The number of carbonyl (C=O) groups is 1. The molecular weight excluding hydrogens is 444 g/mol. The first-order chi connectivity index (χ1) is 15.4. The molecule has 1 aromatic heterocycles. The van der Waals surface area contributed by atoms with Crippen LogP contribution in [0.5, 0.6) is 5.75 Å². The van der Waals surface area contributed by atoms with E-state index in [2.05, 4.69) is 5.32 Å². The van der Waals surface area contributed by atoms with Crippen LogP contribution in [0.25, 0.3) is 0 Å². The van der Waals surface area contributed by atoms with Crippen molar-refractivity contribution in [1.29, 1.82) is 0 Å². The third-order valence-electron chi connectivity index (χ3n) is 4.81. The first-order valence-corrected chi connectivity index (χ1v) is 11.9. The Morgan fingerprint density at radius 2 is 1.50 bits per heavy atom. The number of nitrogens with two attached hydrogens (primary N) is 1. The number of hydrogen-bond acceptors (Lipinski definition) is 7. The van der Waals surface area contributed by atoms with Crippen LogP contribution >= 0.6 is 11.3 Å². The zero-order valence-corrected chi connectivity index (χ0v) is 18.7. The van der Waals surface area contributed by atoms with E-state index in [0.29, 0.717) is 17.0 Å². The van der Waals surface area contributed by atoms with Gasteiger partial charge >= 0.3 is 0 Å². The minimum atomic E-state index is -4.03. The highest BCUT2D eigenvalue weighted by atomic mass is 32.2. The maximum absolute atomic E-state index is 13.6. The molecule has 0 spiro atoms. The summed E-state index contributed by atoms with van der Waals surface area (Å²) in [6.07, 6.45) is 0. The van der Waals surface area contributed by atoms with Gasteiger partial charge in [0.05, 0.1) is 17.7 Å². The quantitative estimate of drug-likeness (QED) is 0.367. The predicted octanol–water partition coefficient (Wildman–Crippen LogP) is 5.15. The Balaban J connectivity index is 1.87. The molecule has 0 amide bonds. The van der Waals surface area contributed by atoms with Gasteiger partial charge in [0.2, 0.25) is 15.6 Å². The van der Waals surface area contributed by atoms with E-state index in [0.717, 1.165) is 11.3 Å². The van der Waals surface area contributed by atoms with Gasteiger partial charge in [0.15, 0.2) is 0 Å². The smallest absolute Gasteiger partial charge is 0.211 e. The molecule has 3 aromatic carbocycles. The third kappa shape index (κ3) is 4.10. The summed E-state index contributed by atoms with van der Waals surface area (Å²) in [6, 6.07) is 23.8. The highest BCUT2D eigenvalue weighted by Gasteiger charge is 2.31. The van der Waals surface area contributed by atoms with Crippen molar-refractivity contribution in [2.75, 3.05) is 18.2 Å². The molecule has 0 radical (unpaired) electrons. The van der Waals surface area contributed by atoms with Crippen LogP contribution in [-0.2, 0) is 9.84 Å². The van der Waals surface area contributed by atoms with Crippen LogP contribution in [0.1, 0.15) is 15.2 Å². The Morgan fingerprint density at radius 3 is 2.09 bits per heavy atom. The molecule has 3 N–H and O–H groups in total. The van der Waals surface area contributed by atoms with E-state index >= 15 is 0 Å². The average Bonchev–Trinajstić information content (AvgIpc) is 3.16. The zero-order valence-electron chi connectivity index (χ0n) is 17.1. The normalized spacial score (nSPS) is 11.2. The molecule has 162 valence electrons. The predicted molar refractivity (Wildman–Crippen MR) is 127 cm³/mol. The Morgan fingerprint density at radius 1 is 0.906 bits per heavy atom. The molecule has 8 heteroatoms. The summed E-state index contributed by atoms with van der Waals surface area (Å²) in [7, 11) is -2.52. The Kier molecular flexibility index (Phi) is 5.98. The monoisotopic (exact) mass is 464 g/mol. The largest absolute Gasteiger partial charge is 0.497 e. The van der Waals surface area contributed by atoms with Crippen molar-refractivity contribution >= 4 is 43.3 Å². The number of thiophene rings is 1. The van der Waals surface area contributed by atoms with E-state index in [9.17, 15) is 13.2 Å². The van der Waals surface area contributed by atoms with Gasteiger partial charge in [0.1, 0.15) is 20.5 Å². The van der Waals surface area contributed by atoms with E-state index in [1.54, 1.807) is 54.6 Å². The maximum atomic E-state index is 13.6. The number of nitrogen functional groups attached to an aromatic ring is 1. The van der Waals surface area contributed by atoms with Crippen molar-refractivity contribution in [3.8, 4) is 5.75 Å². The van der Waals surface area contributed by atoms with Gasteiger partial charge in [-0.15, -0.1) is 11.3 Å². The fourth-order valence-corrected chi connectivity index (χ4v) is 6.13. The lowest BCUT2D eigenvalue weighted by molar-refractivity contribution is 0.104. The number of benzene rings is 3. The minimum Gasteiger partial charge on any atom is -0.497 e. The van der Waals surface area contributed by atoms with Crippen molar-refractivity contribution < 1.29 is 17.9 Å². The number of ketones is 1. The fraction of sp³-hybridized carbons (Fsp3) is 0.0417. The topological polar surface area (TPSA) is 98.5 Å². The standard InChI is InChI=1S/C24H20N2O4S2/c1-30-18-12-14-19(15-13-18)32(28,29)23-20(25)22(21(27)16-8-4-2-5-9-16)31-24(23)26-17-10-6-3-7-11-17/h2-15,26H,25H2,1H3. The van der Waals surface area contributed by atoms with Crippen LogP contribution in [0.4, 0.5) is 16.4 Å². The molecule has 4 rings (SSSR count). The fourth-order valence-electron chi connectivity index (χ4n) is 3.19. The van der Waals surface area contributed by atoms with Crippen molar-refractivity contribution in [1.82, 2.24) is 0 Å². The molecule has 0 atom stereocenters. The average molecular weight is 465 g/mol. The zero-order chi connectivity index (χ0) is 22.7. The molecule has 0 fully saturated rings. The summed E-state index contributed by atoms with van der Waals surface area (Å²) in [5.41, 5.74) is 7.36. The molecule has 6 nitrogen and oxygen atoms in total.